The minimum atomic E-state index is -0.0504. The van der Waals surface area contributed by atoms with Crippen LogP contribution in [0.1, 0.15) is 11.1 Å². The second-order valence-corrected chi connectivity index (χ2v) is 6.85. The Morgan fingerprint density at radius 1 is 0.964 bits per heavy atom. The summed E-state index contributed by atoms with van der Waals surface area (Å²) in [7, 11) is 0. The van der Waals surface area contributed by atoms with Crippen LogP contribution in [0.25, 0.3) is 21.7 Å². The fourth-order valence-electron chi connectivity index (χ4n) is 3.64. The largest absolute Gasteiger partial charge is 0.486 e. The van der Waals surface area contributed by atoms with Gasteiger partial charge in [0.15, 0.2) is 11.5 Å². The van der Waals surface area contributed by atoms with Crippen LogP contribution in [-0.4, -0.2) is 19.1 Å². The molecule has 0 unspecified atom stereocenters. The summed E-state index contributed by atoms with van der Waals surface area (Å²) in [6, 6.07) is 17.8. The molecule has 140 valence electrons. The van der Waals surface area contributed by atoms with E-state index in [4.69, 9.17) is 13.9 Å². The topological polar surface area (TPSA) is 60.7 Å². The summed E-state index contributed by atoms with van der Waals surface area (Å²) in [4.78, 5) is 12.5. The number of ether oxygens (including phenoxy) is 2. The van der Waals surface area contributed by atoms with Gasteiger partial charge in [-0.3, -0.25) is 4.79 Å². The molecule has 0 saturated heterocycles. The minimum Gasteiger partial charge on any atom is -0.486 e. The second-order valence-electron chi connectivity index (χ2n) is 6.85. The Morgan fingerprint density at radius 3 is 2.75 bits per heavy atom. The van der Waals surface area contributed by atoms with Gasteiger partial charge < -0.3 is 19.2 Å². The second kappa shape index (κ2) is 6.93. The first-order valence-corrected chi connectivity index (χ1v) is 9.31. The number of nitrogens with one attached hydrogen (secondary N) is 1. The van der Waals surface area contributed by atoms with Crippen LogP contribution in [0.2, 0.25) is 0 Å². The van der Waals surface area contributed by atoms with Crippen molar-refractivity contribution in [3.8, 4) is 11.5 Å². The zero-order chi connectivity index (χ0) is 18.9. The van der Waals surface area contributed by atoms with Gasteiger partial charge in [0, 0.05) is 17.5 Å². The van der Waals surface area contributed by atoms with Gasteiger partial charge in [-0.1, -0.05) is 36.4 Å². The molecule has 0 spiro atoms. The van der Waals surface area contributed by atoms with Crippen LogP contribution in [0, 0.1) is 0 Å². The van der Waals surface area contributed by atoms with Gasteiger partial charge in [0.05, 0.1) is 12.7 Å². The number of benzene rings is 3. The van der Waals surface area contributed by atoms with Crippen LogP contribution in [0.3, 0.4) is 0 Å². The maximum atomic E-state index is 12.5. The molecule has 0 atom stereocenters. The molecule has 4 aromatic rings. The molecule has 2 heterocycles. The van der Waals surface area contributed by atoms with E-state index >= 15 is 0 Å². The van der Waals surface area contributed by atoms with E-state index in [1.54, 1.807) is 6.26 Å². The molecule has 1 aliphatic heterocycles. The van der Waals surface area contributed by atoms with Gasteiger partial charge in [-0.05, 0) is 34.5 Å². The molecule has 5 rings (SSSR count). The summed E-state index contributed by atoms with van der Waals surface area (Å²) >= 11 is 0. The van der Waals surface area contributed by atoms with Crippen molar-refractivity contribution < 1.29 is 18.7 Å². The van der Waals surface area contributed by atoms with Gasteiger partial charge in [-0.2, -0.15) is 0 Å². The Hall–Kier alpha value is -3.47. The average Bonchev–Trinajstić information content (AvgIpc) is 3.15. The normalized spacial score (nSPS) is 13.0. The van der Waals surface area contributed by atoms with E-state index < -0.39 is 0 Å². The molecule has 0 radical (unpaired) electrons. The number of hydrogen-bond donors (Lipinski definition) is 1. The predicted molar refractivity (Wildman–Crippen MR) is 107 cm³/mol. The number of amides is 1. The zero-order valence-electron chi connectivity index (χ0n) is 15.2. The van der Waals surface area contributed by atoms with Crippen molar-refractivity contribution in [3.05, 3.63) is 72.0 Å². The Bertz CT molecular complexity index is 1180. The smallest absolute Gasteiger partial charge is 0.224 e. The van der Waals surface area contributed by atoms with Gasteiger partial charge in [0.1, 0.15) is 18.8 Å². The lowest BCUT2D eigenvalue weighted by atomic mass is 10.0. The van der Waals surface area contributed by atoms with Crippen molar-refractivity contribution in [2.24, 2.45) is 0 Å². The number of furan rings is 1. The molecule has 5 nitrogen and oxygen atoms in total. The summed E-state index contributed by atoms with van der Waals surface area (Å²) < 4.78 is 16.8. The van der Waals surface area contributed by atoms with Crippen LogP contribution in [-0.2, 0) is 17.8 Å². The fourth-order valence-corrected chi connectivity index (χ4v) is 3.64. The molecular weight excluding hydrogens is 354 g/mol. The highest BCUT2D eigenvalue weighted by Crippen LogP contribution is 2.31. The highest BCUT2D eigenvalue weighted by atomic mass is 16.6. The van der Waals surface area contributed by atoms with Crippen molar-refractivity contribution in [1.82, 2.24) is 5.32 Å². The van der Waals surface area contributed by atoms with Gasteiger partial charge >= 0.3 is 0 Å². The lowest BCUT2D eigenvalue weighted by Crippen LogP contribution is -2.24. The molecule has 0 fully saturated rings. The fraction of sp³-hybridized carbons (Fsp3) is 0.174. The maximum absolute atomic E-state index is 12.5. The van der Waals surface area contributed by atoms with E-state index in [2.05, 4.69) is 17.4 Å². The number of carbonyl (C=O) groups excluding carboxylic acids is 1. The van der Waals surface area contributed by atoms with E-state index in [-0.39, 0.29) is 12.3 Å². The zero-order valence-corrected chi connectivity index (χ0v) is 15.2. The van der Waals surface area contributed by atoms with E-state index in [0.717, 1.165) is 44.4 Å². The van der Waals surface area contributed by atoms with Crippen LogP contribution in [0.15, 0.2) is 65.3 Å². The number of hydrogen-bond acceptors (Lipinski definition) is 4. The molecular formula is C23H19NO4. The minimum absolute atomic E-state index is 0.0504. The maximum Gasteiger partial charge on any atom is 0.224 e. The quantitative estimate of drug-likeness (QED) is 0.582. The van der Waals surface area contributed by atoms with Crippen LogP contribution in [0.5, 0.6) is 11.5 Å². The number of rotatable bonds is 4. The molecule has 1 N–H and O–H groups in total. The Balaban J connectivity index is 1.33. The first-order valence-electron chi connectivity index (χ1n) is 9.31. The molecule has 0 aliphatic carbocycles. The van der Waals surface area contributed by atoms with Crippen molar-refractivity contribution >= 4 is 27.6 Å². The standard InChI is InChI=1S/C23H19NO4/c25-22(24-13-15-5-7-19-21(11-15)27-10-9-26-19)12-17-14-28-20-8-6-16-3-1-2-4-18(16)23(17)20/h1-8,11,14H,9-10,12-13H2,(H,24,25). The van der Waals surface area contributed by atoms with Crippen molar-refractivity contribution in [1.29, 1.82) is 0 Å². The summed E-state index contributed by atoms with van der Waals surface area (Å²) in [5, 5.41) is 6.22. The Labute approximate surface area is 161 Å². The molecule has 0 saturated carbocycles. The third-order valence-electron chi connectivity index (χ3n) is 4.99. The number of fused-ring (bicyclic) bond motifs is 4. The first-order chi connectivity index (χ1) is 13.8. The third kappa shape index (κ3) is 3.05. The van der Waals surface area contributed by atoms with Crippen molar-refractivity contribution in [3.63, 3.8) is 0 Å². The highest BCUT2D eigenvalue weighted by molar-refractivity contribution is 6.08. The lowest BCUT2D eigenvalue weighted by molar-refractivity contribution is -0.120. The molecule has 1 amide bonds. The van der Waals surface area contributed by atoms with E-state index in [9.17, 15) is 4.79 Å². The van der Waals surface area contributed by atoms with Crippen molar-refractivity contribution in [2.45, 2.75) is 13.0 Å². The molecule has 1 aliphatic rings. The monoisotopic (exact) mass is 373 g/mol. The van der Waals surface area contributed by atoms with Gasteiger partial charge in [-0.15, -0.1) is 0 Å². The molecule has 1 aromatic heterocycles. The summed E-state index contributed by atoms with van der Waals surface area (Å²) in [5.41, 5.74) is 2.67. The van der Waals surface area contributed by atoms with Gasteiger partial charge in [0.25, 0.3) is 0 Å². The predicted octanol–water partition coefficient (Wildman–Crippen LogP) is 4.22. The van der Waals surface area contributed by atoms with E-state index in [1.807, 2.05) is 42.5 Å². The highest BCUT2D eigenvalue weighted by Gasteiger charge is 2.14. The summed E-state index contributed by atoms with van der Waals surface area (Å²) in [6.07, 6.45) is 1.95. The summed E-state index contributed by atoms with van der Waals surface area (Å²) in [6.45, 7) is 1.55. The van der Waals surface area contributed by atoms with Crippen LogP contribution in [0.4, 0.5) is 0 Å². The van der Waals surface area contributed by atoms with Crippen LogP contribution >= 0.6 is 0 Å². The molecule has 28 heavy (non-hydrogen) atoms. The van der Waals surface area contributed by atoms with Gasteiger partial charge in [-0.25, -0.2) is 0 Å². The van der Waals surface area contributed by atoms with Crippen LogP contribution < -0.4 is 14.8 Å². The van der Waals surface area contributed by atoms with E-state index in [1.165, 1.54) is 0 Å². The Morgan fingerprint density at radius 2 is 1.82 bits per heavy atom. The summed E-state index contributed by atoms with van der Waals surface area (Å²) in [5.74, 6) is 1.42. The average molecular weight is 373 g/mol. The van der Waals surface area contributed by atoms with Gasteiger partial charge in [0.2, 0.25) is 5.91 Å². The number of carbonyl (C=O) groups is 1. The molecule has 5 heteroatoms. The molecule has 3 aromatic carbocycles. The molecule has 0 bridgehead atoms. The van der Waals surface area contributed by atoms with Crippen molar-refractivity contribution in [2.75, 3.05) is 13.2 Å². The SMILES string of the molecule is O=C(Cc1coc2ccc3ccccc3c12)NCc1ccc2c(c1)OCCO2. The Kier molecular flexibility index (Phi) is 4.13. The first kappa shape index (κ1) is 16.7. The van der Waals surface area contributed by atoms with E-state index in [0.29, 0.717) is 19.8 Å². The lowest BCUT2D eigenvalue weighted by Gasteiger charge is -2.19. The third-order valence-corrected chi connectivity index (χ3v) is 4.99.